The topological polar surface area (TPSA) is 67.2 Å². The highest BCUT2D eigenvalue weighted by Gasteiger charge is 2.16. The molecule has 174 valence electrons. The highest BCUT2D eigenvalue weighted by atomic mass is 19.1. The number of fused-ring (bicyclic) bond motifs is 1. The summed E-state index contributed by atoms with van der Waals surface area (Å²) in [6.07, 6.45) is 0. The van der Waals surface area contributed by atoms with Gasteiger partial charge in [0.15, 0.2) is 0 Å². The number of halogens is 1. The quantitative estimate of drug-likeness (QED) is 0.414. The van der Waals surface area contributed by atoms with Gasteiger partial charge >= 0.3 is 0 Å². The number of amides is 2. The first-order valence-corrected chi connectivity index (χ1v) is 11.3. The molecule has 0 aliphatic heterocycles. The Balaban J connectivity index is 1.62. The molecule has 0 aliphatic carbocycles. The van der Waals surface area contributed by atoms with E-state index in [1.807, 2.05) is 32.3 Å². The Labute approximate surface area is 198 Å². The third kappa shape index (κ3) is 4.41. The third-order valence-corrected chi connectivity index (χ3v) is 5.94. The average molecular weight is 459 g/mol. The van der Waals surface area contributed by atoms with Crippen LogP contribution in [0.2, 0.25) is 0 Å². The summed E-state index contributed by atoms with van der Waals surface area (Å²) in [6.45, 7) is 8.91. The highest BCUT2D eigenvalue weighted by Crippen LogP contribution is 2.24. The first-order valence-electron chi connectivity index (χ1n) is 11.3. The number of carbonyl (C=O) groups is 2. The summed E-state index contributed by atoms with van der Waals surface area (Å²) in [6, 6.07) is 16.8. The van der Waals surface area contributed by atoms with Crippen molar-refractivity contribution in [2.24, 2.45) is 0 Å². The van der Waals surface area contributed by atoms with E-state index in [1.54, 1.807) is 53.4 Å². The van der Waals surface area contributed by atoms with E-state index in [-0.39, 0.29) is 17.6 Å². The lowest BCUT2D eigenvalue weighted by atomic mass is 10.1. The minimum Gasteiger partial charge on any atom is -0.339 e. The number of nitrogens with one attached hydrogen (secondary N) is 1. The molecule has 0 saturated carbocycles. The van der Waals surface area contributed by atoms with Crippen LogP contribution in [0.5, 0.6) is 0 Å². The second-order valence-corrected chi connectivity index (χ2v) is 8.14. The van der Waals surface area contributed by atoms with Crippen LogP contribution >= 0.6 is 0 Å². The molecule has 34 heavy (non-hydrogen) atoms. The minimum absolute atomic E-state index is 0.0270. The standard InChI is InChI=1S/C27H27FN4O2/c1-5-31(6-2)27(34)20-8-13-23(17(3)15-20)30-26(33)19-7-14-24-25(16-19)32(18(4)29-24)22-11-9-21(28)10-12-22/h7-16H,5-6H2,1-4H3,(H,30,33). The summed E-state index contributed by atoms with van der Waals surface area (Å²) < 4.78 is 15.3. The maximum atomic E-state index is 13.4. The van der Waals surface area contributed by atoms with E-state index in [4.69, 9.17) is 0 Å². The molecule has 2 amide bonds. The van der Waals surface area contributed by atoms with Crippen molar-refractivity contribution in [3.8, 4) is 5.69 Å². The molecule has 0 fully saturated rings. The fourth-order valence-corrected chi connectivity index (χ4v) is 4.08. The first kappa shape index (κ1) is 23.2. The monoisotopic (exact) mass is 458 g/mol. The maximum Gasteiger partial charge on any atom is 0.255 e. The smallest absolute Gasteiger partial charge is 0.255 e. The molecule has 1 aromatic heterocycles. The van der Waals surface area contributed by atoms with Crippen LogP contribution in [0.1, 0.15) is 46.0 Å². The molecule has 1 heterocycles. The van der Waals surface area contributed by atoms with Crippen LogP contribution in [-0.2, 0) is 0 Å². The fourth-order valence-electron chi connectivity index (χ4n) is 4.08. The van der Waals surface area contributed by atoms with E-state index in [2.05, 4.69) is 10.3 Å². The molecule has 0 spiro atoms. The fraction of sp³-hybridized carbons (Fsp3) is 0.222. The van der Waals surface area contributed by atoms with Crippen molar-refractivity contribution in [2.45, 2.75) is 27.7 Å². The molecular formula is C27H27FN4O2. The van der Waals surface area contributed by atoms with Gasteiger partial charge in [0.1, 0.15) is 11.6 Å². The average Bonchev–Trinajstić information content (AvgIpc) is 3.16. The highest BCUT2D eigenvalue weighted by molar-refractivity contribution is 6.06. The summed E-state index contributed by atoms with van der Waals surface area (Å²) in [5.41, 5.74) is 4.78. The summed E-state index contributed by atoms with van der Waals surface area (Å²) in [5.74, 6) is 0.132. The molecule has 0 unspecified atom stereocenters. The second kappa shape index (κ2) is 9.47. The van der Waals surface area contributed by atoms with E-state index >= 15 is 0 Å². The number of aromatic nitrogens is 2. The number of nitrogens with zero attached hydrogens (tertiary/aromatic N) is 3. The maximum absolute atomic E-state index is 13.4. The van der Waals surface area contributed by atoms with Crippen molar-refractivity contribution < 1.29 is 14.0 Å². The number of rotatable bonds is 6. The van der Waals surface area contributed by atoms with Crippen LogP contribution in [0.15, 0.2) is 60.7 Å². The number of imidazole rings is 1. The van der Waals surface area contributed by atoms with Crippen molar-refractivity contribution in [3.05, 3.63) is 89.0 Å². The SMILES string of the molecule is CCN(CC)C(=O)c1ccc(NC(=O)c2ccc3nc(C)n(-c4ccc(F)cc4)c3c2)c(C)c1. The van der Waals surface area contributed by atoms with E-state index < -0.39 is 0 Å². The number of aryl methyl sites for hydroxylation is 2. The summed E-state index contributed by atoms with van der Waals surface area (Å²) in [5, 5.41) is 2.94. The second-order valence-electron chi connectivity index (χ2n) is 8.14. The van der Waals surface area contributed by atoms with Gasteiger partial charge in [-0.1, -0.05) is 0 Å². The lowest BCUT2D eigenvalue weighted by Crippen LogP contribution is -2.30. The predicted molar refractivity (Wildman–Crippen MR) is 132 cm³/mol. The Hall–Kier alpha value is -4.00. The molecule has 0 bridgehead atoms. The Morgan fingerprint density at radius 2 is 1.62 bits per heavy atom. The van der Waals surface area contributed by atoms with Crippen LogP contribution in [0, 0.1) is 19.7 Å². The first-order chi connectivity index (χ1) is 16.3. The van der Waals surface area contributed by atoms with Crippen molar-refractivity contribution in [2.75, 3.05) is 18.4 Å². The van der Waals surface area contributed by atoms with Gasteiger partial charge in [0.05, 0.1) is 11.0 Å². The van der Waals surface area contributed by atoms with Crippen molar-refractivity contribution >= 4 is 28.5 Å². The van der Waals surface area contributed by atoms with Crippen molar-refractivity contribution in [1.82, 2.24) is 14.5 Å². The molecule has 4 aromatic rings. The number of carbonyl (C=O) groups excluding carboxylic acids is 2. The van der Waals surface area contributed by atoms with Crippen molar-refractivity contribution in [1.29, 1.82) is 0 Å². The van der Waals surface area contributed by atoms with Crippen LogP contribution in [0.3, 0.4) is 0 Å². The number of hydrogen-bond donors (Lipinski definition) is 1. The zero-order valence-electron chi connectivity index (χ0n) is 19.7. The normalized spacial score (nSPS) is 11.0. The molecule has 4 rings (SSSR count). The van der Waals surface area contributed by atoms with Crippen LogP contribution in [0.25, 0.3) is 16.7 Å². The lowest BCUT2D eigenvalue weighted by molar-refractivity contribution is 0.0772. The summed E-state index contributed by atoms with van der Waals surface area (Å²) in [7, 11) is 0. The van der Waals surface area contributed by atoms with E-state index in [9.17, 15) is 14.0 Å². The van der Waals surface area contributed by atoms with Crippen LogP contribution in [-0.4, -0.2) is 39.4 Å². The molecule has 1 N–H and O–H groups in total. The summed E-state index contributed by atoms with van der Waals surface area (Å²) >= 11 is 0. The molecule has 6 nitrogen and oxygen atoms in total. The van der Waals surface area contributed by atoms with Crippen LogP contribution < -0.4 is 5.32 Å². The van der Waals surface area contributed by atoms with Gasteiger partial charge in [-0.05, 0) is 93.9 Å². The van der Waals surface area contributed by atoms with Gasteiger partial charge in [-0.15, -0.1) is 0 Å². The van der Waals surface area contributed by atoms with Gasteiger partial charge in [-0.2, -0.15) is 0 Å². The van der Waals surface area contributed by atoms with Gasteiger partial charge in [-0.3, -0.25) is 14.2 Å². The number of hydrogen-bond acceptors (Lipinski definition) is 3. The number of anilines is 1. The van der Waals surface area contributed by atoms with Gasteiger partial charge < -0.3 is 10.2 Å². The minimum atomic E-state index is -0.314. The van der Waals surface area contributed by atoms with E-state index in [1.165, 1.54) is 12.1 Å². The van der Waals surface area contributed by atoms with Crippen molar-refractivity contribution in [3.63, 3.8) is 0 Å². The largest absolute Gasteiger partial charge is 0.339 e. The van der Waals surface area contributed by atoms with Gasteiger partial charge in [0, 0.05) is 35.6 Å². The molecule has 0 radical (unpaired) electrons. The Morgan fingerprint density at radius 1 is 0.941 bits per heavy atom. The Bertz CT molecular complexity index is 1370. The molecule has 0 atom stereocenters. The molecule has 0 aliphatic rings. The van der Waals surface area contributed by atoms with Gasteiger partial charge in [0.25, 0.3) is 11.8 Å². The zero-order chi connectivity index (χ0) is 24.4. The lowest BCUT2D eigenvalue weighted by Gasteiger charge is -2.19. The predicted octanol–water partition coefficient (Wildman–Crippen LogP) is 5.52. The zero-order valence-corrected chi connectivity index (χ0v) is 19.7. The van der Waals surface area contributed by atoms with Gasteiger partial charge in [-0.25, -0.2) is 9.37 Å². The third-order valence-electron chi connectivity index (χ3n) is 5.94. The van der Waals surface area contributed by atoms with E-state index in [0.717, 1.165) is 28.1 Å². The molecule has 3 aromatic carbocycles. The Morgan fingerprint density at radius 3 is 2.26 bits per heavy atom. The summed E-state index contributed by atoms with van der Waals surface area (Å²) in [4.78, 5) is 32.0. The Kier molecular flexibility index (Phi) is 6.45. The van der Waals surface area contributed by atoms with Gasteiger partial charge in [0.2, 0.25) is 0 Å². The van der Waals surface area contributed by atoms with E-state index in [0.29, 0.717) is 29.9 Å². The molecule has 0 saturated heterocycles. The number of benzene rings is 3. The molecule has 7 heteroatoms. The molecular weight excluding hydrogens is 431 g/mol. The van der Waals surface area contributed by atoms with Crippen LogP contribution in [0.4, 0.5) is 10.1 Å².